The predicted octanol–water partition coefficient (Wildman–Crippen LogP) is 1.63. The van der Waals surface area contributed by atoms with E-state index in [0.717, 1.165) is 80.7 Å². The van der Waals surface area contributed by atoms with Crippen molar-refractivity contribution in [2.45, 2.75) is 0 Å². The van der Waals surface area contributed by atoms with Crippen molar-refractivity contribution in [1.82, 2.24) is 0 Å². The number of hydrogen-bond donors (Lipinski definition) is 0. The maximum absolute atomic E-state index is 10.7. The summed E-state index contributed by atoms with van der Waals surface area (Å²) in [5.41, 5.74) is 0. The molecule has 0 aliphatic rings. The van der Waals surface area contributed by atoms with Crippen LogP contribution < -0.4 is 0 Å². The van der Waals surface area contributed by atoms with Crippen LogP contribution in [0.15, 0.2) is 12.2 Å². The van der Waals surface area contributed by atoms with Crippen molar-refractivity contribution in [1.29, 1.82) is 0 Å². The Morgan fingerprint density at radius 2 is 0.595 bits per heavy atom. The molecule has 12 nitrogen and oxygen atoms in total. The molecule has 0 aromatic heterocycles. The van der Waals surface area contributed by atoms with Gasteiger partial charge in [0.05, 0.1) is 5.08 Å². The fourth-order valence-corrected chi connectivity index (χ4v) is 14.2. The minimum absolute atomic E-state index is 0.0255. The molecule has 0 aromatic carbocycles. The van der Waals surface area contributed by atoms with E-state index < -0.39 is 53.2 Å². The van der Waals surface area contributed by atoms with Gasteiger partial charge in [-0.05, 0) is 64.8 Å². The van der Waals surface area contributed by atoms with Crippen molar-refractivity contribution in [3.63, 3.8) is 0 Å². The van der Waals surface area contributed by atoms with Gasteiger partial charge in [-0.2, -0.15) is 0 Å². The van der Waals surface area contributed by atoms with E-state index in [0.29, 0.717) is 44.6 Å². The van der Waals surface area contributed by atoms with Gasteiger partial charge in [-0.15, -0.1) is 0 Å². The first-order valence-electron chi connectivity index (χ1n) is 8.83. The van der Waals surface area contributed by atoms with Crippen LogP contribution >= 0.6 is 64.8 Å². The van der Waals surface area contributed by atoms with Crippen LogP contribution in [0.25, 0.3) is 0 Å². The van der Waals surface area contributed by atoms with E-state index in [1.165, 1.54) is 0 Å². The lowest BCUT2D eigenvalue weighted by atomic mass is 10.6. The molecule has 0 heterocycles. The molecule has 0 aromatic rings. The zero-order valence-corrected chi connectivity index (χ0v) is 30.3. The van der Waals surface area contributed by atoms with Gasteiger partial charge in [-0.1, -0.05) is 12.2 Å². The maximum Gasteiger partial charge on any atom is 0.199 e. The maximum atomic E-state index is 10.7. The third-order valence-corrected chi connectivity index (χ3v) is 18.4. The summed E-state index contributed by atoms with van der Waals surface area (Å²) in [7, 11) is -13.9. The summed E-state index contributed by atoms with van der Waals surface area (Å²) in [6.07, 6.45) is 9.84. The van der Waals surface area contributed by atoms with Gasteiger partial charge in [-0.25, -0.2) is 50.5 Å². The normalized spacial score (nSPS) is 13.4. The summed E-state index contributed by atoms with van der Waals surface area (Å²) in [4.78, 5) is 0. The first kappa shape index (κ1) is 43.0. The highest BCUT2D eigenvalue weighted by molar-refractivity contribution is 8.80. The summed E-state index contributed by atoms with van der Waals surface area (Å²) < 4.78 is 127. The Balaban J connectivity index is -0.000000473. The van der Waals surface area contributed by atoms with Crippen LogP contribution in [0.5, 0.6) is 0 Å². The Kier molecular flexibility index (Phi) is 22.8. The van der Waals surface area contributed by atoms with Gasteiger partial charge in [0.1, 0.15) is 0 Å². The van der Waals surface area contributed by atoms with Crippen molar-refractivity contribution < 1.29 is 50.5 Å². The van der Waals surface area contributed by atoms with Gasteiger partial charge in [0.25, 0.3) is 0 Å². The van der Waals surface area contributed by atoms with Crippen LogP contribution in [0.4, 0.5) is 0 Å². The van der Waals surface area contributed by atoms with Crippen molar-refractivity contribution in [2.75, 3.05) is 65.6 Å². The molecule has 0 spiro atoms. The van der Waals surface area contributed by atoms with E-state index >= 15 is 0 Å². The molecular weight excluding hydrogens is 733 g/mol. The molecule has 0 unspecified atom stereocenters. The molecule has 0 rings (SSSR count). The molecule has 0 aliphatic carbocycles. The van der Waals surface area contributed by atoms with Crippen molar-refractivity contribution >= 4 is 118 Å². The van der Waals surface area contributed by atoms with E-state index in [1.54, 1.807) is 12.2 Å². The second-order valence-electron chi connectivity index (χ2n) is 6.26. The van der Waals surface area contributed by atoms with Gasteiger partial charge in [0.15, 0.2) is 53.2 Å². The molecule has 0 aliphatic heterocycles. The van der Waals surface area contributed by atoms with Crippen molar-refractivity contribution in [3.8, 4) is 0 Å². The molecule has 0 fully saturated rings. The van der Waals surface area contributed by atoms with Crippen molar-refractivity contribution in [3.05, 3.63) is 12.2 Å². The first-order valence-corrected chi connectivity index (χ1v) is 29.2. The smallest absolute Gasteiger partial charge is 0.199 e. The quantitative estimate of drug-likeness (QED) is 0.101. The lowest BCUT2D eigenvalue weighted by Crippen LogP contribution is -1.96. The average molecular weight is 763 g/mol. The predicted molar refractivity (Wildman–Crippen MR) is 168 cm³/mol. The van der Waals surface area contributed by atoms with Gasteiger partial charge in [-0.3, -0.25) is 0 Å². The van der Waals surface area contributed by atoms with E-state index in [2.05, 4.69) is 0 Å². The zero-order valence-electron chi connectivity index (χ0n) is 20.5. The van der Waals surface area contributed by atoms with Crippen LogP contribution in [0, 0.1) is 0 Å². The summed E-state index contributed by atoms with van der Waals surface area (Å²) in [5, 5.41) is 0.0255. The molecule has 24 heteroatoms. The molecule has 0 saturated carbocycles. The highest BCUT2D eigenvalue weighted by Gasteiger charge is 2.08. The number of hydrogen-bond acceptors (Lipinski definition) is 18. The fraction of sp³-hybridized carbons (Fsp3) is 0.846. The number of rotatable bonds is 15. The largest absolute Gasteiger partial charge is 0.218 e. The lowest BCUT2D eigenvalue weighted by molar-refractivity contribution is 0.613. The SMILES string of the molecule is CS(=O)(=O)SC/C=C\CSS(C)(=O)=O.CS(=O)(=O)SCCSS(C)(=O)=O.CS(=O)(=O)SCSS(C)(=O)=O. The fourth-order valence-electron chi connectivity index (χ4n) is 1.03. The standard InChI is InChI=1S/C6H12O4S4.C4H10O4S4.C3H8O4S4/c1-13(7,8)11-5-3-4-6-12-14(2,9)10;1-11(5,6)9-3-4-10-12(2,7)8;1-10(4,5)8-3-9-11(2,6)7/h3-4H,5-6H2,1-2H3;3-4H2,1-2H3;3H2,1-2H3/b4-3-;;. The van der Waals surface area contributed by atoms with Gasteiger partial charge in [0, 0.05) is 60.5 Å². The molecule has 0 N–H and O–H groups in total. The van der Waals surface area contributed by atoms with Gasteiger partial charge in [0.2, 0.25) is 0 Å². The molecular formula is C13H30O12S12. The van der Waals surface area contributed by atoms with Crippen LogP contribution in [0.1, 0.15) is 0 Å². The third kappa shape index (κ3) is 54.3. The van der Waals surface area contributed by atoms with E-state index in [-0.39, 0.29) is 5.08 Å². The zero-order chi connectivity index (χ0) is 30.2. The Hall–Kier alpha value is 1.54. The van der Waals surface area contributed by atoms with Gasteiger partial charge >= 0.3 is 0 Å². The summed E-state index contributed by atoms with van der Waals surface area (Å²) >= 11 is 0. The topological polar surface area (TPSA) is 205 Å². The Morgan fingerprint density at radius 3 is 0.784 bits per heavy atom. The van der Waals surface area contributed by atoms with Crippen LogP contribution in [0.3, 0.4) is 0 Å². The molecule has 0 atom stereocenters. The Morgan fingerprint density at radius 1 is 0.378 bits per heavy atom. The van der Waals surface area contributed by atoms with E-state index in [4.69, 9.17) is 0 Å². The Labute approximate surface area is 243 Å². The summed E-state index contributed by atoms with van der Waals surface area (Å²) in [5.74, 6) is 1.31. The molecule has 226 valence electrons. The second-order valence-corrected chi connectivity index (χ2v) is 33.7. The van der Waals surface area contributed by atoms with Crippen LogP contribution in [-0.2, 0) is 53.2 Å². The third-order valence-electron chi connectivity index (χ3n) is 2.13. The summed E-state index contributed by atoms with van der Waals surface area (Å²) in [6.45, 7) is 0. The molecule has 37 heavy (non-hydrogen) atoms. The summed E-state index contributed by atoms with van der Waals surface area (Å²) in [6, 6.07) is 0. The second kappa shape index (κ2) is 19.6. The minimum atomic E-state index is -3.12. The van der Waals surface area contributed by atoms with E-state index in [9.17, 15) is 50.5 Å². The molecule has 0 amide bonds. The highest BCUT2D eigenvalue weighted by Crippen LogP contribution is 2.21. The highest BCUT2D eigenvalue weighted by atomic mass is 33.2. The van der Waals surface area contributed by atoms with Crippen molar-refractivity contribution in [2.24, 2.45) is 0 Å². The molecule has 0 bridgehead atoms. The molecule has 0 radical (unpaired) electrons. The van der Waals surface area contributed by atoms with Crippen LogP contribution in [0.2, 0.25) is 0 Å². The first-order chi connectivity index (χ1) is 16.1. The van der Waals surface area contributed by atoms with Crippen LogP contribution in [-0.4, -0.2) is 116 Å². The van der Waals surface area contributed by atoms with Gasteiger partial charge < -0.3 is 0 Å². The lowest BCUT2D eigenvalue weighted by Gasteiger charge is -1.96. The van der Waals surface area contributed by atoms with E-state index in [1.807, 2.05) is 0 Å². The average Bonchev–Trinajstić information content (AvgIpc) is 2.57. The monoisotopic (exact) mass is 762 g/mol. The Bertz CT molecular complexity index is 1220. The minimum Gasteiger partial charge on any atom is -0.218 e. The molecule has 0 saturated heterocycles.